The summed E-state index contributed by atoms with van der Waals surface area (Å²) in [6.45, 7) is 3.60. The Labute approximate surface area is 80.6 Å². The minimum absolute atomic E-state index is 0.481. The predicted molar refractivity (Wildman–Crippen MR) is 46.6 cm³/mol. The van der Waals surface area contributed by atoms with E-state index in [0.717, 1.165) is 15.9 Å². The first kappa shape index (κ1) is 8.68. The molecule has 0 aliphatic carbocycles. The van der Waals surface area contributed by atoms with Crippen molar-refractivity contribution < 1.29 is 14.5 Å². The van der Waals surface area contributed by atoms with Crippen molar-refractivity contribution in [2.24, 2.45) is 0 Å². The van der Waals surface area contributed by atoms with Crippen LogP contribution in [0.1, 0.15) is 11.5 Å². The second-order valence-corrected chi connectivity index (χ2v) is 3.12. The summed E-state index contributed by atoms with van der Waals surface area (Å²) in [6.07, 6.45) is 3.12. The first-order valence-corrected chi connectivity index (χ1v) is 4.18. The Kier molecular flexibility index (Phi) is 1.92. The van der Waals surface area contributed by atoms with Crippen molar-refractivity contribution in [3.05, 3.63) is 29.9 Å². The monoisotopic (exact) mass is 192 g/mol. The smallest absolute Gasteiger partial charge is 0.233 e. The van der Waals surface area contributed by atoms with Crippen molar-refractivity contribution in [3.63, 3.8) is 0 Å². The van der Waals surface area contributed by atoms with Crippen LogP contribution in [0.4, 0.5) is 0 Å². The zero-order valence-corrected chi connectivity index (χ0v) is 7.93. The zero-order chi connectivity index (χ0) is 10.1. The van der Waals surface area contributed by atoms with Crippen molar-refractivity contribution in [2.75, 3.05) is 0 Å². The van der Waals surface area contributed by atoms with E-state index in [-0.39, 0.29) is 0 Å². The molecule has 0 aromatic carbocycles. The highest BCUT2D eigenvalue weighted by Crippen LogP contribution is 2.14. The predicted octanol–water partition coefficient (Wildman–Crippen LogP) is 0.878. The molecule has 0 fully saturated rings. The van der Waals surface area contributed by atoms with Crippen LogP contribution in [0.2, 0.25) is 0 Å². The van der Waals surface area contributed by atoms with Crippen molar-refractivity contribution in [2.45, 2.75) is 13.8 Å². The van der Waals surface area contributed by atoms with E-state index >= 15 is 0 Å². The van der Waals surface area contributed by atoms with E-state index in [9.17, 15) is 5.21 Å². The third-order valence-electron chi connectivity index (χ3n) is 1.78. The summed E-state index contributed by atoms with van der Waals surface area (Å²) < 4.78 is 5.83. The maximum Gasteiger partial charge on any atom is 0.233 e. The molecule has 5 heteroatoms. The molecule has 14 heavy (non-hydrogen) atoms. The normalized spacial score (nSPS) is 10.4. The second-order valence-electron chi connectivity index (χ2n) is 3.12. The van der Waals surface area contributed by atoms with Crippen LogP contribution in [0, 0.1) is 13.8 Å². The molecular weight excluding hydrogens is 182 g/mol. The van der Waals surface area contributed by atoms with Crippen LogP contribution in [-0.4, -0.2) is 15.3 Å². The number of hydrogen-bond donors (Lipinski definition) is 1. The molecule has 0 aliphatic heterocycles. The van der Waals surface area contributed by atoms with Gasteiger partial charge >= 0.3 is 0 Å². The van der Waals surface area contributed by atoms with Crippen molar-refractivity contribution in [1.29, 1.82) is 0 Å². The van der Waals surface area contributed by atoms with E-state index in [0.29, 0.717) is 11.7 Å². The molecule has 2 aromatic heterocycles. The van der Waals surface area contributed by atoms with Crippen LogP contribution in [0.5, 0.6) is 0 Å². The van der Waals surface area contributed by atoms with Crippen molar-refractivity contribution in [1.82, 2.24) is 10.1 Å². The molecule has 0 amide bonds. The lowest BCUT2D eigenvalue weighted by molar-refractivity contribution is -0.904. The van der Waals surface area contributed by atoms with E-state index in [2.05, 4.69) is 10.1 Å². The highest BCUT2D eigenvalue weighted by atomic mass is 16.5. The summed E-state index contributed by atoms with van der Waals surface area (Å²) >= 11 is 0. The van der Waals surface area contributed by atoms with E-state index in [4.69, 9.17) is 4.52 Å². The number of aromatic nitrogens is 3. The summed E-state index contributed by atoms with van der Waals surface area (Å²) in [5.74, 6) is 0.986. The molecule has 1 N–H and O–H groups in total. The lowest BCUT2D eigenvalue weighted by Crippen LogP contribution is -2.29. The van der Waals surface area contributed by atoms with Crippen LogP contribution < -0.4 is 4.73 Å². The van der Waals surface area contributed by atoms with E-state index < -0.39 is 0 Å². The van der Waals surface area contributed by atoms with Gasteiger partial charge in [-0.1, -0.05) is 5.16 Å². The Morgan fingerprint density at radius 3 is 2.71 bits per heavy atom. The van der Waals surface area contributed by atoms with Gasteiger partial charge in [-0.2, -0.15) is 4.98 Å². The van der Waals surface area contributed by atoms with E-state index in [1.807, 2.05) is 13.0 Å². The Bertz CT molecular complexity index is 445. The topological polar surface area (TPSA) is 63.0 Å². The Balaban J connectivity index is 2.51. The number of rotatable bonds is 1. The van der Waals surface area contributed by atoms with Gasteiger partial charge in [0.15, 0.2) is 0 Å². The number of pyridine rings is 1. The lowest BCUT2D eigenvalue weighted by atomic mass is 10.2. The van der Waals surface area contributed by atoms with E-state index in [1.54, 1.807) is 13.1 Å². The minimum Gasteiger partial charge on any atom is -0.339 e. The molecule has 0 atom stereocenters. The largest absolute Gasteiger partial charge is 0.339 e. The molecule has 72 valence electrons. The van der Waals surface area contributed by atoms with Gasteiger partial charge in [-0.25, -0.2) is 0 Å². The van der Waals surface area contributed by atoms with Gasteiger partial charge < -0.3 is 4.52 Å². The summed E-state index contributed by atoms with van der Waals surface area (Å²) in [4.78, 5) is 4.06. The van der Waals surface area contributed by atoms with Gasteiger partial charge in [-0.3, -0.25) is 5.21 Å². The quantitative estimate of drug-likeness (QED) is 0.538. The minimum atomic E-state index is 0.481. The fraction of sp³-hybridized carbons (Fsp3) is 0.222. The van der Waals surface area contributed by atoms with Gasteiger partial charge in [0, 0.05) is 17.2 Å². The molecule has 0 bridgehead atoms. The first-order valence-electron chi connectivity index (χ1n) is 4.18. The van der Waals surface area contributed by atoms with Gasteiger partial charge in [-0.05, 0) is 13.0 Å². The zero-order valence-electron chi connectivity index (χ0n) is 7.93. The van der Waals surface area contributed by atoms with Gasteiger partial charge in [0.1, 0.15) is 0 Å². The van der Waals surface area contributed by atoms with Gasteiger partial charge in [0.2, 0.25) is 24.1 Å². The molecule has 0 radical (unpaired) electrons. The molecule has 0 saturated heterocycles. The first-order chi connectivity index (χ1) is 6.65. The molecule has 0 spiro atoms. The Morgan fingerprint density at radius 2 is 2.14 bits per heavy atom. The number of aryl methyl sites for hydroxylation is 2. The lowest BCUT2D eigenvalue weighted by Gasteiger charge is -1.92. The maximum absolute atomic E-state index is 9.29. The van der Waals surface area contributed by atoms with Crippen LogP contribution in [-0.2, 0) is 0 Å². The molecule has 0 saturated carbocycles. The Morgan fingerprint density at radius 1 is 1.36 bits per heavy atom. The van der Waals surface area contributed by atoms with Crippen LogP contribution in [0.3, 0.4) is 0 Å². The molecule has 0 aliphatic rings. The van der Waals surface area contributed by atoms with Crippen LogP contribution in [0.15, 0.2) is 23.0 Å². The molecular formula is C9H10N3O2+. The van der Waals surface area contributed by atoms with Gasteiger partial charge in [0.05, 0.1) is 5.56 Å². The average Bonchev–Trinajstić information content (AvgIpc) is 2.50. The van der Waals surface area contributed by atoms with Crippen LogP contribution >= 0.6 is 0 Å². The van der Waals surface area contributed by atoms with Gasteiger partial charge in [0.25, 0.3) is 0 Å². The standard InChI is InChI=1S/C9H10N3O2/c1-6-3-8(5-12(13)4-6)9-10-7(2)14-11-9/h3-5,13H,1-2H3/q+1. The highest BCUT2D eigenvalue weighted by Gasteiger charge is 2.11. The van der Waals surface area contributed by atoms with Crippen molar-refractivity contribution in [3.8, 4) is 11.4 Å². The molecule has 2 aromatic rings. The maximum atomic E-state index is 9.29. The fourth-order valence-corrected chi connectivity index (χ4v) is 1.25. The van der Waals surface area contributed by atoms with E-state index in [1.165, 1.54) is 6.20 Å². The van der Waals surface area contributed by atoms with Crippen LogP contribution in [0.25, 0.3) is 11.4 Å². The molecule has 0 unspecified atom stereocenters. The summed E-state index contributed by atoms with van der Waals surface area (Å²) in [7, 11) is 0. The Hall–Kier alpha value is -1.91. The van der Waals surface area contributed by atoms with Gasteiger partial charge in [-0.15, -0.1) is 0 Å². The van der Waals surface area contributed by atoms with Crippen molar-refractivity contribution >= 4 is 0 Å². The molecule has 2 heterocycles. The third kappa shape index (κ3) is 1.56. The molecule has 5 nitrogen and oxygen atoms in total. The summed E-state index contributed by atoms with van der Waals surface area (Å²) in [5, 5.41) is 13.1. The average molecular weight is 192 g/mol. The highest BCUT2D eigenvalue weighted by molar-refractivity contribution is 5.52. The SMILES string of the molecule is Cc1cc(-c2noc(C)n2)c[n+](O)c1. The molecule has 2 rings (SSSR count). The third-order valence-corrected chi connectivity index (χ3v) is 1.78. The summed E-state index contributed by atoms with van der Waals surface area (Å²) in [5.41, 5.74) is 1.65. The number of hydrogen-bond acceptors (Lipinski definition) is 4. The number of nitrogens with zero attached hydrogens (tertiary/aromatic N) is 3. The fourth-order valence-electron chi connectivity index (χ4n) is 1.25. The summed E-state index contributed by atoms with van der Waals surface area (Å²) in [6, 6.07) is 1.87. The second kappa shape index (κ2) is 3.10.